The zero-order valence-electron chi connectivity index (χ0n) is 11.3. The van der Waals surface area contributed by atoms with Crippen molar-refractivity contribution >= 4 is 11.6 Å². The van der Waals surface area contributed by atoms with Crippen molar-refractivity contribution < 1.29 is 4.79 Å². The molecule has 0 aliphatic rings. The summed E-state index contributed by atoms with van der Waals surface area (Å²) in [6.45, 7) is 3.36. The van der Waals surface area contributed by atoms with Gasteiger partial charge in [-0.15, -0.1) is 0 Å². The molecule has 1 heterocycles. The first-order chi connectivity index (χ1) is 9.06. The Morgan fingerprint density at radius 3 is 2.42 bits per heavy atom. The fourth-order valence-electron chi connectivity index (χ4n) is 2.19. The van der Waals surface area contributed by atoms with Crippen LogP contribution in [0.15, 0.2) is 35.1 Å². The van der Waals surface area contributed by atoms with Crippen LogP contribution >= 0.6 is 0 Å². The van der Waals surface area contributed by atoms with Gasteiger partial charge in [-0.1, -0.05) is 25.1 Å². The summed E-state index contributed by atoms with van der Waals surface area (Å²) in [6, 6.07) is 9.60. The van der Waals surface area contributed by atoms with E-state index in [4.69, 9.17) is 0 Å². The molecule has 1 amide bonds. The van der Waals surface area contributed by atoms with Crippen LogP contribution in [0.4, 0.5) is 5.69 Å². The van der Waals surface area contributed by atoms with Gasteiger partial charge in [0.25, 0.3) is 5.56 Å². The lowest BCUT2D eigenvalue weighted by atomic mass is 10.2. The molecule has 0 saturated carbocycles. The van der Waals surface area contributed by atoms with Gasteiger partial charge in [0.1, 0.15) is 5.69 Å². The quantitative estimate of drug-likeness (QED) is 0.912. The van der Waals surface area contributed by atoms with Gasteiger partial charge in [0.15, 0.2) is 0 Å². The molecule has 1 aromatic carbocycles. The number of carbonyl (C=O) groups excluding carboxylic acids is 1. The lowest BCUT2D eigenvalue weighted by Crippen LogP contribution is -2.20. The number of amides is 1. The summed E-state index contributed by atoms with van der Waals surface area (Å²) in [7, 11) is 1.69. The van der Waals surface area contributed by atoms with Crippen molar-refractivity contribution in [2.45, 2.75) is 20.3 Å². The Morgan fingerprint density at radius 1 is 1.26 bits per heavy atom. The minimum Gasteiger partial charge on any atom is -0.320 e. The molecule has 0 aliphatic heterocycles. The summed E-state index contributed by atoms with van der Waals surface area (Å²) in [5.41, 5.74) is 1.86. The van der Waals surface area contributed by atoms with E-state index in [0.717, 1.165) is 11.4 Å². The van der Waals surface area contributed by atoms with Crippen LogP contribution in [-0.2, 0) is 18.3 Å². The number of nitrogens with zero attached hydrogens (tertiary/aromatic N) is 2. The van der Waals surface area contributed by atoms with Gasteiger partial charge >= 0.3 is 0 Å². The molecule has 5 nitrogen and oxygen atoms in total. The lowest BCUT2D eigenvalue weighted by molar-refractivity contribution is -0.114. The van der Waals surface area contributed by atoms with E-state index >= 15 is 0 Å². The van der Waals surface area contributed by atoms with Crippen LogP contribution in [0.5, 0.6) is 0 Å². The molecule has 2 aromatic rings. The van der Waals surface area contributed by atoms with Crippen molar-refractivity contribution in [3.63, 3.8) is 0 Å². The molecule has 0 spiro atoms. The van der Waals surface area contributed by atoms with Crippen LogP contribution < -0.4 is 10.9 Å². The minimum atomic E-state index is -0.238. The van der Waals surface area contributed by atoms with Gasteiger partial charge in [0, 0.05) is 14.0 Å². The highest BCUT2D eigenvalue weighted by Gasteiger charge is 2.18. The SMILES string of the molecule is CCc1c(NC(C)=O)c(=O)n(C)n1-c1ccccc1. The van der Waals surface area contributed by atoms with Crippen LogP contribution in [-0.4, -0.2) is 15.3 Å². The summed E-state index contributed by atoms with van der Waals surface area (Å²) in [4.78, 5) is 23.4. The standard InChI is InChI=1S/C14H17N3O2/c1-4-12-13(15-10(2)18)14(19)16(3)17(12)11-8-6-5-7-9-11/h5-9H,4H2,1-3H3,(H,15,18). The van der Waals surface area contributed by atoms with Gasteiger partial charge in [0.05, 0.1) is 11.4 Å². The molecule has 1 aromatic heterocycles. The van der Waals surface area contributed by atoms with Gasteiger partial charge in [-0.2, -0.15) is 0 Å². The summed E-state index contributed by atoms with van der Waals surface area (Å²) in [5, 5.41) is 2.63. The Kier molecular flexibility index (Phi) is 3.55. The highest BCUT2D eigenvalue weighted by atomic mass is 16.2. The third-order valence-electron chi connectivity index (χ3n) is 2.99. The second-order valence-corrected chi connectivity index (χ2v) is 4.33. The molecule has 0 atom stereocenters. The van der Waals surface area contributed by atoms with E-state index in [9.17, 15) is 9.59 Å². The summed E-state index contributed by atoms with van der Waals surface area (Å²) in [6.07, 6.45) is 0.653. The largest absolute Gasteiger partial charge is 0.320 e. The molecule has 0 unspecified atom stereocenters. The molecule has 0 saturated heterocycles. The number of hydrogen-bond acceptors (Lipinski definition) is 2. The smallest absolute Gasteiger partial charge is 0.290 e. The molecule has 2 rings (SSSR count). The maximum absolute atomic E-state index is 12.2. The number of hydrogen-bond donors (Lipinski definition) is 1. The second kappa shape index (κ2) is 5.14. The van der Waals surface area contributed by atoms with E-state index in [0.29, 0.717) is 12.1 Å². The molecular formula is C14H17N3O2. The maximum Gasteiger partial charge on any atom is 0.290 e. The van der Waals surface area contributed by atoms with E-state index in [2.05, 4.69) is 5.32 Å². The monoisotopic (exact) mass is 259 g/mol. The highest BCUT2D eigenvalue weighted by molar-refractivity contribution is 5.89. The summed E-state index contributed by atoms with van der Waals surface area (Å²) in [5.74, 6) is -0.238. The Bertz CT molecular complexity index is 653. The number of carbonyl (C=O) groups is 1. The molecule has 0 bridgehead atoms. The highest BCUT2D eigenvalue weighted by Crippen LogP contribution is 2.17. The molecule has 0 radical (unpaired) electrons. The Balaban J connectivity index is 2.68. The van der Waals surface area contributed by atoms with Crippen LogP contribution in [0.25, 0.3) is 5.69 Å². The lowest BCUT2D eigenvalue weighted by Gasteiger charge is -2.11. The van der Waals surface area contributed by atoms with Gasteiger partial charge in [-0.3, -0.25) is 14.3 Å². The number of aromatic nitrogens is 2. The van der Waals surface area contributed by atoms with Crippen molar-refractivity contribution in [1.29, 1.82) is 0 Å². The number of para-hydroxylation sites is 1. The number of benzene rings is 1. The van der Waals surface area contributed by atoms with Gasteiger partial charge in [0.2, 0.25) is 5.91 Å². The zero-order valence-corrected chi connectivity index (χ0v) is 11.3. The van der Waals surface area contributed by atoms with E-state index in [1.807, 2.05) is 41.9 Å². The van der Waals surface area contributed by atoms with Crippen molar-refractivity contribution in [3.05, 3.63) is 46.4 Å². The fraction of sp³-hybridized carbons (Fsp3) is 0.286. The molecular weight excluding hydrogens is 242 g/mol. The molecule has 100 valence electrons. The average molecular weight is 259 g/mol. The van der Waals surface area contributed by atoms with Crippen molar-refractivity contribution in [3.8, 4) is 5.69 Å². The van der Waals surface area contributed by atoms with Crippen LogP contribution in [0.1, 0.15) is 19.5 Å². The first kappa shape index (κ1) is 13.1. The van der Waals surface area contributed by atoms with E-state index in [1.54, 1.807) is 7.05 Å². The van der Waals surface area contributed by atoms with Crippen LogP contribution in [0.3, 0.4) is 0 Å². The van der Waals surface area contributed by atoms with Gasteiger partial charge < -0.3 is 5.32 Å². The Labute approximate surface area is 111 Å². The summed E-state index contributed by atoms with van der Waals surface area (Å²) < 4.78 is 3.34. The number of rotatable bonds is 3. The molecule has 1 N–H and O–H groups in total. The predicted octanol–water partition coefficient (Wildman–Crippen LogP) is 1.70. The topological polar surface area (TPSA) is 56.0 Å². The van der Waals surface area contributed by atoms with Crippen LogP contribution in [0, 0.1) is 0 Å². The molecule has 0 fully saturated rings. The second-order valence-electron chi connectivity index (χ2n) is 4.33. The van der Waals surface area contributed by atoms with E-state index < -0.39 is 0 Å². The predicted molar refractivity (Wildman–Crippen MR) is 74.7 cm³/mol. The van der Waals surface area contributed by atoms with Crippen molar-refractivity contribution in [2.75, 3.05) is 5.32 Å². The third kappa shape index (κ3) is 2.31. The van der Waals surface area contributed by atoms with Crippen molar-refractivity contribution in [2.24, 2.45) is 7.05 Å². The molecule has 19 heavy (non-hydrogen) atoms. The van der Waals surface area contributed by atoms with E-state index in [-0.39, 0.29) is 11.5 Å². The first-order valence-electron chi connectivity index (χ1n) is 6.20. The van der Waals surface area contributed by atoms with E-state index in [1.165, 1.54) is 11.6 Å². The Hall–Kier alpha value is -2.30. The number of anilines is 1. The van der Waals surface area contributed by atoms with Crippen LogP contribution in [0.2, 0.25) is 0 Å². The maximum atomic E-state index is 12.2. The normalized spacial score (nSPS) is 10.5. The zero-order chi connectivity index (χ0) is 14.0. The first-order valence-corrected chi connectivity index (χ1v) is 6.20. The summed E-state index contributed by atoms with van der Waals surface area (Å²) >= 11 is 0. The van der Waals surface area contributed by atoms with Gasteiger partial charge in [-0.25, -0.2) is 4.68 Å². The minimum absolute atomic E-state index is 0.198. The third-order valence-corrected chi connectivity index (χ3v) is 2.99. The average Bonchev–Trinajstić information content (AvgIpc) is 2.63. The van der Waals surface area contributed by atoms with Gasteiger partial charge in [-0.05, 0) is 18.6 Å². The molecule has 5 heteroatoms. The number of nitrogens with one attached hydrogen (secondary N) is 1. The fourth-order valence-corrected chi connectivity index (χ4v) is 2.19. The molecule has 0 aliphatic carbocycles. The van der Waals surface area contributed by atoms with Crippen molar-refractivity contribution in [1.82, 2.24) is 9.36 Å². The Morgan fingerprint density at radius 2 is 1.89 bits per heavy atom.